The Morgan fingerprint density at radius 1 is 0.262 bits per heavy atom. The van der Waals surface area contributed by atoms with Crippen LogP contribution in [0.25, 0.3) is 0 Å². The van der Waals surface area contributed by atoms with E-state index >= 15 is 0 Å². The van der Waals surface area contributed by atoms with Gasteiger partial charge in [0.15, 0.2) is 6.10 Å². The Morgan fingerprint density at radius 2 is 0.467 bits per heavy atom. The van der Waals surface area contributed by atoms with Crippen LogP contribution in [0, 0.1) is 0 Å². The second-order valence-corrected chi connectivity index (χ2v) is 29.3. The van der Waals surface area contributed by atoms with Crippen LogP contribution in [0.2, 0.25) is 0 Å². The van der Waals surface area contributed by atoms with Gasteiger partial charge in [-0.15, -0.1) is 0 Å². The van der Waals surface area contributed by atoms with Crippen molar-refractivity contribution in [2.45, 2.75) is 309 Å². The van der Waals surface area contributed by atoms with Crippen molar-refractivity contribution in [3.05, 3.63) is 194 Å². The summed E-state index contributed by atoms with van der Waals surface area (Å²) < 4.78 is 61.2. The summed E-state index contributed by atoms with van der Waals surface area (Å²) >= 11 is 0. The van der Waals surface area contributed by atoms with Crippen molar-refractivity contribution in [3.8, 4) is 0 Å². The Bertz CT molecular complexity index is 2720. The third-order valence-corrected chi connectivity index (χ3v) is 18.2. The molecule has 0 saturated heterocycles. The number of ether oxygens (including phenoxy) is 3. The summed E-state index contributed by atoms with van der Waals surface area (Å²) in [4.78, 5) is 58.8. The minimum absolute atomic E-state index is 0.0514. The van der Waals surface area contributed by atoms with Gasteiger partial charge in [0.25, 0.3) is 0 Å². The topological polar surface area (TPSA) is 231 Å². The SMILES string of the molecule is CC/C=C\C/C=C\C/C=C\C/C=C\C/C=C\C/C=C\CCCCCCC(=O)OCC(COP(=O)(O)OCC(O)COP(=O)(O)OCC(O)COC(=O)CCCCCCCCCCCCCCC/C=C\C/C=C\C/C=C\C/C=C\C/C=C\CC)OC(=O)CCCCC/C=C\C/C=C\C/C=C\C/C=C\C/C=C\CC. The van der Waals surface area contributed by atoms with Gasteiger partial charge in [-0.1, -0.05) is 305 Å². The van der Waals surface area contributed by atoms with Crippen LogP contribution in [0.3, 0.4) is 0 Å². The number of allylic oxidation sites excluding steroid dienone is 32. The van der Waals surface area contributed by atoms with Gasteiger partial charge in [-0.3, -0.25) is 32.5 Å². The number of aliphatic hydroxyl groups is 2. The Kier molecular flexibility index (Phi) is 75.7. The second kappa shape index (κ2) is 79.9. The van der Waals surface area contributed by atoms with Gasteiger partial charge in [-0.05, 0) is 161 Å². The largest absolute Gasteiger partial charge is 0.472 e. The maximum absolute atomic E-state index is 13.0. The van der Waals surface area contributed by atoms with Crippen LogP contribution in [0.4, 0.5) is 0 Å². The molecule has 0 aliphatic carbocycles. The van der Waals surface area contributed by atoms with Crippen LogP contribution < -0.4 is 0 Å². The first-order valence-electron chi connectivity index (χ1n) is 40.7. The average molecular weight is 1530 g/mol. The van der Waals surface area contributed by atoms with E-state index in [1.807, 2.05) is 0 Å². The number of carbonyl (C=O) groups excluding carboxylic acids is 3. The molecule has 5 unspecified atom stereocenters. The zero-order valence-electron chi connectivity index (χ0n) is 66.2. The summed E-state index contributed by atoms with van der Waals surface area (Å²) in [5, 5.41) is 20.7. The molecular weight excluding hydrogens is 1390 g/mol. The van der Waals surface area contributed by atoms with E-state index in [2.05, 4.69) is 215 Å². The molecule has 0 amide bonds. The molecule has 0 saturated carbocycles. The predicted molar refractivity (Wildman–Crippen MR) is 444 cm³/mol. The van der Waals surface area contributed by atoms with E-state index in [9.17, 15) is 43.5 Å². The molecule has 5 atom stereocenters. The number of hydrogen-bond acceptors (Lipinski definition) is 14. The van der Waals surface area contributed by atoms with Gasteiger partial charge in [0.05, 0.1) is 26.4 Å². The molecule has 4 N–H and O–H groups in total. The summed E-state index contributed by atoms with van der Waals surface area (Å²) in [6, 6.07) is 0. The van der Waals surface area contributed by atoms with E-state index in [1.165, 1.54) is 57.8 Å². The summed E-state index contributed by atoms with van der Waals surface area (Å²) in [6.07, 6.45) is 105. The maximum Gasteiger partial charge on any atom is 0.472 e. The number of carbonyl (C=O) groups is 3. The molecule has 0 aromatic rings. The highest BCUT2D eigenvalue weighted by Crippen LogP contribution is 2.45. The zero-order valence-corrected chi connectivity index (χ0v) is 68.0. The van der Waals surface area contributed by atoms with Crippen molar-refractivity contribution >= 4 is 33.6 Å². The van der Waals surface area contributed by atoms with Gasteiger partial charge in [0, 0.05) is 19.3 Å². The van der Waals surface area contributed by atoms with E-state index in [1.54, 1.807) is 0 Å². The van der Waals surface area contributed by atoms with Gasteiger partial charge in [-0.25, -0.2) is 9.13 Å². The van der Waals surface area contributed by atoms with Crippen molar-refractivity contribution < 1.29 is 75.8 Å². The minimum atomic E-state index is -4.96. The minimum Gasteiger partial charge on any atom is -0.463 e. The number of aliphatic hydroxyl groups excluding tert-OH is 2. The van der Waals surface area contributed by atoms with Gasteiger partial charge in [-0.2, -0.15) is 0 Å². The van der Waals surface area contributed by atoms with E-state index in [0.717, 1.165) is 173 Å². The van der Waals surface area contributed by atoms with Gasteiger partial charge in [0.1, 0.15) is 25.4 Å². The quantitative estimate of drug-likeness (QED) is 0.0146. The number of unbranched alkanes of at least 4 members (excludes halogenated alkanes) is 20. The smallest absolute Gasteiger partial charge is 0.463 e. The highest BCUT2D eigenvalue weighted by Gasteiger charge is 2.29. The second-order valence-electron chi connectivity index (χ2n) is 26.4. The fourth-order valence-corrected chi connectivity index (χ4v) is 11.8. The predicted octanol–water partition coefficient (Wildman–Crippen LogP) is 24.3. The molecule has 0 aromatic carbocycles. The summed E-state index contributed by atoms with van der Waals surface area (Å²) in [7, 11) is -9.83. The fraction of sp³-hybridized carbons (Fsp3) is 0.607. The van der Waals surface area contributed by atoms with Crippen LogP contribution in [0.5, 0.6) is 0 Å². The van der Waals surface area contributed by atoms with Crippen LogP contribution in [-0.2, 0) is 55.8 Å². The normalized spacial score (nSPS) is 14.9. The molecule has 0 heterocycles. The number of esters is 3. The van der Waals surface area contributed by atoms with E-state index in [0.29, 0.717) is 19.3 Å². The first-order chi connectivity index (χ1) is 52.2. The maximum atomic E-state index is 13.0. The van der Waals surface area contributed by atoms with E-state index < -0.39 is 91.5 Å². The number of phosphoric ester groups is 2. The van der Waals surface area contributed by atoms with Crippen LogP contribution in [-0.4, -0.2) is 95.9 Å². The highest BCUT2D eigenvalue weighted by atomic mass is 31.2. The van der Waals surface area contributed by atoms with Crippen LogP contribution in [0.15, 0.2) is 194 Å². The molecule has 18 heteroatoms. The molecule has 606 valence electrons. The first-order valence-corrected chi connectivity index (χ1v) is 43.7. The van der Waals surface area contributed by atoms with Crippen LogP contribution in [0.1, 0.15) is 290 Å². The highest BCUT2D eigenvalue weighted by molar-refractivity contribution is 7.47. The third-order valence-electron chi connectivity index (χ3n) is 16.3. The summed E-state index contributed by atoms with van der Waals surface area (Å²) in [6.45, 7) is 2.25. The van der Waals surface area contributed by atoms with E-state index in [4.69, 9.17) is 32.3 Å². The Hall–Kier alpha value is -5.61. The molecular formula is C89H144O16P2. The van der Waals surface area contributed by atoms with Gasteiger partial charge >= 0.3 is 33.6 Å². The first kappa shape index (κ1) is 101. The molecule has 0 aliphatic rings. The van der Waals surface area contributed by atoms with Gasteiger partial charge in [0.2, 0.25) is 0 Å². The zero-order chi connectivity index (χ0) is 78.0. The average Bonchev–Trinajstić information content (AvgIpc) is 0.918. The fourth-order valence-electron chi connectivity index (χ4n) is 10.2. The molecule has 107 heavy (non-hydrogen) atoms. The lowest BCUT2D eigenvalue weighted by Gasteiger charge is -2.21. The summed E-state index contributed by atoms with van der Waals surface area (Å²) in [5.74, 6) is -1.65. The lowest BCUT2D eigenvalue weighted by Crippen LogP contribution is -2.30. The molecule has 0 fully saturated rings. The van der Waals surface area contributed by atoms with Crippen molar-refractivity contribution in [3.63, 3.8) is 0 Å². The standard InChI is InChI=1S/C89H144O16P2/c1-4-7-10-13-16-19-22-25-28-31-34-36-38-39-40-41-42-43-45-47-49-51-54-57-60-63-66-69-72-75-87(92)99-78-84(90)79-101-106(95,96)102-80-85(91)81-103-107(97,98)104-83-86(105-89(94)77-74-71-68-65-62-59-56-53-48-33-30-27-24-21-18-15-12-9-6-3)82-100-88(93)76-73-70-67-64-61-58-55-52-50-46-44-37-35-32-29-26-23-20-17-14-11-8-5-2/h7-12,16-21,25-30,34-37,39-40,46,48,50,53,55,58-59,62,84-86,90-91H,4-6,13-15,22-24,31-33,38,41-45,47,49,51-52,54,56-57,60-61,63-83H2,1-3H3,(H,95,96)(H,97,98)/b10-7-,11-8-,12-9-,19-16-,20-17-,21-18-,28-25-,29-26-,30-27-,36-34-,37-35-,40-39-,50-46-,53-48-,58-55-,62-59-. The van der Waals surface area contributed by atoms with Crippen molar-refractivity contribution in [1.29, 1.82) is 0 Å². The van der Waals surface area contributed by atoms with Crippen molar-refractivity contribution in [1.82, 2.24) is 0 Å². The Morgan fingerprint density at radius 3 is 0.748 bits per heavy atom. The molecule has 0 bridgehead atoms. The lowest BCUT2D eigenvalue weighted by molar-refractivity contribution is -0.161. The number of phosphoric acid groups is 2. The molecule has 0 radical (unpaired) electrons. The number of rotatable bonds is 75. The van der Waals surface area contributed by atoms with Gasteiger partial charge < -0.3 is 34.2 Å². The molecule has 16 nitrogen and oxygen atoms in total. The molecule has 0 aromatic heterocycles. The van der Waals surface area contributed by atoms with Crippen molar-refractivity contribution in [2.75, 3.05) is 39.6 Å². The lowest BCUT2D eigenvalue weighted by atomic mass is 10.0. The van der Waals surface area contributed by atoms with Crippen LogP contribution >= 0.6 is 15.6 Å². The monoisotopic (exact) mass is 1530 g/mol. The van der Waals surface area contributed by atoms with Crippen molar-refractivity contribution in [2.24, 2.45) is 0 Å². The summed E-state index contributed by atoms with van der Waals surface area (Å²) in [5.41, 5.74) is 0. The number of hydrogen-bond donors (Lipinski definition) is 4. The molecule has 0 spiro atoms. The van der Waals surface area contributed by atoms with E-state index in [-0.39, 0.29) is 19.3 Å². The third kappa shape index (κ3) is 81.2. The Labute approximate surface area is 648 Å². The molecule has 0 aliphatic heterocycles. The molecule has 0 rings (SSSR count). The Balaban J connectivity index is 4.67.